The molecule has 0 saturated heterocycles. The van der Waals surface area contributed by atoms with Crippen LogP contribution in [0.25, 0.3) is 10.8 Å². The topological polar surface area (TPSA) is 26.3 Å². The van der Waals surface area contributed by atoms with Crippen LogP contribution in [0.5, 0.6) is 5.75 Å². The number of hydrogen-bond acceptors (Lipinski definition) is 2. The van der Waals surface area contributed by atoms with E-state index in [1.807, 2.05) is 24.3 Å². The molecule has 0 N–H and O–H groups in total. The maximum absolute atomic E-state index is 12.3. The first-order valence-electron chi connectivity index (χ1n) is 6.68. The van der Waals surface area contributed by atoms with Crippen molar-refractivity contribution in [2.75, 3.05) is 7.11 Å². The minimum Gasteiger partial charge on any atom is -0.496 e. The second-order valence-electron chi connectivity index (χ2n) is 5.85. The zero-order valence-electron chi connectivity index (χ0n) is 11.6. The highest BCUT2D eigenvalue weighted by atomic mass is 16.5. The van der Waals surface area contributed by atoms with Gasteiger partial charge in [0.05, 0.1) is 7.11 Å². The van der Waals surface area contributed by atoms with Crippen LogP contribution in [0.3, 0.4) is 0 Å². The fourth-order valence-corrected chi connectivity index (χ4v) is 3.03. The van der Waals surface area contributed by atoms with Crippen LogP contribution in [-0.2, 0) is 5.41 Å². The smallest absolute Gasteiger partial charge is 0.163 e. The highest BCUT2D eigenvalue weighted by Gasteiger charge is 2.33. The Morgan fingerprint density at radius 1 is 1.16 bits per heavy atom. The lowest BCUT2D eigenvalue weighted by Gasteiger charge is -2.33. The molecule has 0 radical (unpaired) electrons. The monoisotopic (exact) mass is 254 g/mol. The van der Waals surface area contributed by atoms with Gasteiger partial charge in [0, 0.05) is 17.4 Å². The lowest BCUT2D eigenvalue weighted by molar-refractivity contribution is 0.0958. The zero-order chi connectivity index (χ0) is 13.6. The number of carbonyl (C=O) groups excluding carboxylic acids is 1. The quantitative estimate of drug-likeness (QED) is 0.765. The minimum absolute atomic E-state index is 0.0283. The number of ketones is 1. The van der Waals surface area contributed by atoms with Gasteiger partial charge < -0.3 is 4.74 Å². The van der Waals surface area contributed by atoms with E-state index in [2.05, 4.69) is 19.9 Å². The van der Waals surface area contributed by atoms with Crippen molar-refractivity contribution in [2.45, 2.75) is 32.1 Å². The van der Waals surface area contributed by atoms with E-state index in [0.717, 1.165) is 34.1 Å². The van der Waals surface area contributed by atoms with E-state index in [0.29, 0.717) is 6.42 Å². The van der Waals surface area contributed by atoms with Crippen LogP contribution in [0.15, 0.2) is 30.3 Å². The lowest BCUT2D eigenvalue weighted by Crippen LogP contribution is -2.27. The summed E-state index contributed by atoms with van der Waals surface area (Å²) in [5.41, 5.74) is 2.05. The standard InChI is InChI=1S/C17H18O2/c1-17(2)9-8-14(18)16-12-7-5-4-6-11(12)15(19-3)10-13(16)17/h4-7,10H,8-9H2,1-3H3. The van der Waals surface area contributed by atoms with Gasteiger partial charge in [0.15, 0.2) is 5.78 Å². The summed E-state index contributed by atoms with van der Waals surface area (Å²) >= 11 is 0. The highest BCUT2D eigenvalue weighted by molar-refractivity contribution is 6.12. The normalized spacial score (nSPS) is 17.3. The molecule has 0 aromatic heterocycles. The van der Waals surface area contributed by atoms with Crippen LogP contribution in [0.4, 0.5) is 0 Å². The Morgan fingerprint density at radius 3 is 2.53 bits per heavy atom. The molecule has 19 heavy (non-hydrogen) atoms. The molecule has 1 aliphatic rings. The summed E-state index contributed by atoms with van der Waals surface area (Å²) in [4.78, 5) is 12.3. The first kappa shape index (κ1) is 12.2. The molecule has 1 aliphatic carbocycles. The number of ether oxygens (including phenoxy) is 1. The first-order chi connectivity index (χ1) is 9.04. The summed E-state index contributed by atoms with van der Waals surface area (Å²) in [5, 5.41) is 2.05. The van der Waals surface area contributed by atoms with Crippen LogP contribution in [-0.4, -0.2) is 12.9 Å². The van der Waals surface area contributed by atoms with Crippen molar-refractivity contribution in [3.05, 3.63) is 41.5 Å². The molecule has 0 heterocycles. The van der Waals surface area contributed by atoms with Crippen LogP contribution >= 0.6 is 0 Å². The molecular formula is C17H18O2. The van der Waals surface area contributed by atoms with Crippen molar-refractivity contribution in [2.24, 2.45) is 0 Å². The second-order valence-corrected chi connectivity index (χ2v) is 5.85. The summed E-state index contributed by atoms with van der Waals surface area (Å²) in [5.74, 6) is 1.12. The average molecular weight is 254 g/mol. The third kappa shape index (κ3) is 1.74. The molecule has 3 rings (SSSR count). The van der Waals surface area contributed by atoms with E-state index in [4.69, 9.17) is 4.74 Å². The average Bonchev–Trinajstić information content (AvgIpc) is 2.42. The van der Waals surface area contributed by atoms with E-state index >= 15 is 0 Å². The van der Waals surface area contributed by atoms with Crippen LogP contribution in [0, 0.1) is 0 Å². The maximum Gasteiger partial charge on any atom is 0.163 e. The summed E-state index contributed by atoms with van der Waals surface area (Å²) in [7, 11) is 1.69. The SMILES string of the molecule is COc1cc2c(c3ccccc13)C(=O)CCC2(C)C. The van der Waals surface area contributed by atoms with Crippen molar-refractivity contribution in [1.82, 2.24) is 0 Å². The molecule has 2 aromatic carbocycles. The molecule has 0 amide bonds. The summed E-state index contributed by atoms with van der Waals surface area (Å²) in [6.07, 6.45) is 1.54. The number of Topliss-reactive ketones (excluding diaryl/α,β-unsaturated/α-hetero) is 1. The van der Waals surface area contributed by atoms with Gasteiger partial charge in [0.25, 0.3) is 0 Å². The zero-order valence-corrected chi connectivity index (χ0v) is 11.6. The number of carbonyl (C=O) groups is 1. The van der Waals surface area contributed by atoms with Crippen LogP contribution in [0.2, 0.25) is 0 Å². The molecule has 0 fully saturated rings. The van der Waals surface area contributed by atoms with E-state index in [9.17, 15) is 4.79 Å². The Morgan fingerprint density at radius 2 is 1.84 bits per heavy atom. The van der Waals surface area contributed by atoms with Crippen molar-refractivity contribution < 1.29 is 9.53 Å². The molecule has 0 atom stereocenters. The maximum atomic E-state index is 12.3. The predicted octanol–water partition coefficient (Wildman–Crippen LogP) is 4.10. The molecule has 0 unspecified atom stereocenters. The Balaban J connectivity index is 2.46. The van der Waals surface area contributed by atoms with Crippen LogP contribution in [0.1, 0.15) is 42.6 Å². The number of benzene rings is 2. The molecule has 0 spiro atoms. The van der Waals surface area contributed by atoms with Gasteiger partial charge in [-0.3, -0.25) is 4.79 Å². The van der Waals surface area contributed by atoms with Crippen LogP contribution < -0.4 is 4.74 Å². The van der Waals surface area contributed by atoms with E-state index in [1.54, 1.807) is 7.11 Å². The van der Waals surface area contributed by atoms with E-state index in [-0.39, 0.29) is 11.2 Å². The lowest BCUT2D eigenvalue weighted by atomic mass is 9.71. The summed E-state index contributed by atoms with van der Waals surface area (Å²) in [6, 6.07) is 10.1. The van der Waals surface area contributed by atoms with Gasteiger partial charge in [-0.05, 0) is 28.9 Å². The highest BCUT2D eigenvalue weighted by Crippen LogP contribution is 2.43. The van der Waals surface area contributed by atoms with Crippen molar-refractivity contribution >= 4 is 16.6 Å². The fraction of sp³-hybridized carbons (Fsp3) is 0.353. The summed E-state index contributed by atoms with van der Waals surface area (Å²) in [6.45, 7) is 4.40. The van der Waals surface area contributed by atoms with Gasteiger partial charge >= 0.3 is 0 Å². The molecular weight excluding hydrogens is 236 g/mol. The van der Waals surface area contributed by atoms with E-state index in [1.165, 1.54) is 0 Å². The third-order valence-electron chi connectivity index (χ3n) is 4.21. The Hall–Kier alpha value is -1.83. The number of methoxy groups -OCH3 is 1. The molecule has 0 aliphatic heterocycles. The molecule has 0 saturated carbocycles. The molecule has 0 bridgehead atoms. The molecule has 2 nitrogen and oxygen atoms in total. The second kappa shape index (κ2) is 4.09. The van der Waals surface area contributed by atoms with Gasteiger partial charge in [-0.1, -0.05) is 38.1 Å². The fourth-order valence-electron chi connectivity index (χ4n) is 3.03. The third-order valence-corrected chi connectivity index (χ3v) is 4.21. The predicted molar refractivity (Wildman–Crippen MR) is 77.1 cm³/mol. The Kier molecular flexibility index (Phi) is 2.63. The van der Waals surface area contributed by atoms with Gasteiger partial charge in [-0.15, -0.1) is 0 Å². The largest absolute Gasteiger partial charge is 0.496 e. The molecule has 98 valence electrons. The van der Waals surface area contributed by atoms with Gasteiger partial charge in [-0.25, -0.2) is 0 Å². The number of rotatable bonds is 1. The Labute approximate surface area is 113 Å². The minimum atomic E-state index is 0.0283. The van der Waals surface area contributed by atoms with Gasteiger partial charge in [0.1, 0.15) is 5.75 Å². The molecule has 2 heteroatoms. The van der Waals surface area contributed by atoms with Crippen molar-refractivity contribution in [1.29, 1.82) is 0 Å². The summed E-state index contributed by atoms with van der Waals surface area (Å²) < 4.78 is 5.51. The van der Waals surface area contributed by atoms with E-state index < -0.39 is 0 Å². The van der Waals surface area contributed by atoms with Crippen molar-refractivity contribution in [3.63, 3.8) is 0 Å². The number of hydrogen-bond donors (Lipinski definition) is 0. The Bertz CT molecular complexity index is 668. The van der Waals surface area contributed by atoms with Crippen molar-refractivity contribution in [3.8, 4) is 5.75 Å². The molecule has 2 aromatic rings. The number of fused-ring (bicyclic) bond motifs is 3. The first-order valence-corrected chi connectivity index (χ1v) is 6.68. The van der Waals surface area contributed by atoms with Gasteiger partial charge in [-0.2, -0.15) is 0 Å². The van der Waals surface area contributed by atoms with Gasteiger partial charge in [0.2, 0.25) is 0 Å².